The van der Waals surface area contributed by atoms with Gasteiger partial charge < -0.3 is 14.4 Å². The minimum Gasteiger partial charge on any atom is -0.506 e. The number of aliphatic hydroxyl groups is 1. The second kappa shape index (κ2) is 10.3. The number of para-hydroxylation sites is 1. The number of nitrogens with zero attached hydrogens (tertiary/aromatic N) is 2. The number of esters is 1. The molecule has 0 amide bonds. The first kappa shape index (κ1) is 23.7. The Bertz CT molecular complexity index is 1510. The van der Waals surface area contributed by atoms with Crippen molar-refractivity contribution in [2.45, 2.75) is 20.4 Å². The maximum Gasteiger partial charge on any atom is 0.344 e. The van der Waals surface area contributed by atoms with Crippen LogP contribution in [0.25, 0.3) is 17.0 Å². The highest BCUT2D eigenvalue weighted by molar-refractivity contribution is 8.18. The minimum absolute atomic E-state index is 0.0988. The smallest absolute Gasteiger partial charge is 0.344 e. The van der Waals surface area contributed by atoms with Crippen LogP contribution in [-0.4, -0.2) is 27.3 Å². The van der Waals surface area contributed by atoms with Crippen LogP contribution in [0.5, 0.6) is 0 Å². The van der Waals surface area contributed by atoms with Crippen molar-refractivity contribution in [2.24, 2.45) is 4.99 Å². The van der Waals surface area contributed by atoms with Gasteiger partial charge in [-0.25, -0.2) is 9.79 Å². The van der Waals surface area contributed by atoms with Gasteiger partial charge in [0, 0.05) is 29.2 Å². The van der Waals surface area contributed by atoms with E-state index in [0.717, 1.165) is 28.6 Å². The van der Waals surface area contributed by atoms with Crippen molar-refractivity contribution < 1.29 is 14.6 Å². The van der Waals surface area contributed by atoms with E-state index < -0.39 is 5.97 Å². The third-order valence-corrected chi connectivity index (χ3v) is 6.96. The number of rotatable bonds is 6. The molecule has 6 heteroatoms. The Kier molecular flexibility index (Phi) is 6.78. The molecule has 0 fully saturated rings. The zero-order valence-electron chi connectivity index (χ0n) is 20.1. The number of aliphatic imine (C=N–C) groups is 1. The summed E-state index contributed by atoms with van der Waals surface area (Å²) in [7, 11) is 0. The van der Waals surface area contributed by atoms with Gasteiger partial charge in [0.05, 0.1) is 17.2 Å². The van der Waals surface area contributed by atoms with Crippen molar-refractivity contribution in [3.63, 3.8) is 0 Å². The van der Waals surface area contributed by atoms with Gasteiger partial charge in [-0.3, -0.25) is 0 Å². The molecule has 1 aliphatic rings. The average Bonchev–Trinajstić information content (AvgIpc) is 3.38. The molecule has 0 bridgehead atoms. The standard InChI is InChI=1S/C30H26N2O3S/c1-3-35-30(34)27-28(33)26(36-29(27)31-23-15-13-20(2)14-16-23)17-22-19-32(18-21-9-5-4-6-10-21)25-12-8-7-11-24(22)25/h4-17,19,33H,3,18H2,1-2H3/b26-17-,31-29?. The molecule has 0 saturated heterocycles. The summed E-state index contributed by atoms with van der Waals surface area (Å²) in [4.78, 5) is 18.0. The first-order chi connectivity index (χ1) is 17.5. The summed E-state index contributed by atoms with van der Waals surface area (Å²) in [5.74, 6) is -0.688. The molecule has 5 nitrogen and oxygen atoms in total. The third-order valence-electron chi connectivity index (χ3n) is 5.94. The minimum atomic E-state index is -0.580. The van der Waals surface area contributed by atoms with Crippen LogP contribution in [-0.2, 0) is 16.1 Å². The van der Waals surface area contributed by atoms with E-state index in [0.29, 0.717) is 15.6 Å². The van der Waals surface area contributed by atoms with Crippen molar-refractivity contribution in [1.29, 1.82) is 0 Å². The van der Waals surface area contributed by atoms with E-state index in [2.05, 4.69) is 40.0 Å². The molecular formula is C30H26N2O3S. The predicted octanol–water partition coefficient (Wildman–Crippen LogP) is 7.19. The molecular weight excluding hydrogens is 468 g/mol. The Morgan fingerprint density at radius 3 is 2.50 bits per heavy atom. The van der Waals surface area contributed by atoms with Crippen LogP contribution < -0.4 is 0 Å². The van der Waals surface area contributed by atoms with Gasteiger partial charge in [-0.05, 0) is 43.7 Å². The van der Waals surface area contributed by atoms with Gasteiger partial charge in [0.15, 0.2) is 0 Å². The van der Waals surface area contributed by atoms with E-state index in [4.69, 9.17) is 4.74 Å². The van der Waals surface area contributed by atoms with E-state index in [1.807, 2.05) is 67.6 Å². The number of hydrogen-bond acceptors (Lipinski definition) is 5. The molecule has 1 N–H and O–H groups in total. The first-order valence-corrected chi connectivity index (χ1v) is 12.6. The van der Waals surface area contributed by atoms with Crippen LogP contribution in [0.2, 0.25) is 0 Å². The summed E-state index contributed by atoms with van der Waals surface area (Å²) >= 11 is 1.27. The van der Waals surface area contributed by atoms with Gasteiger partial charge in [0.25, 0.3) is 0 Å². The molecule has 36 heavy (non-hydrogen) atoms. The summed E-state index contributed by atoms with van der Waals surface area (Å²) < 4.78 is 7.44. The number of aryl methyl sites for hydroxylation is 1. The molecule has 0 saturated carbocycles. The van der Waals surface area contributed by atoms with E-state index in [9.17, 15) is 9.90 Å². The predicted molar refractivity (Wildman–Crippen MR) is 148 cm³/mol. The van der Waals surface area contributed by atoms with Gasteiger partial charge in [-0.2, -0.15) is 0 Å². The lowest BCUT2D eigenvalue weighted by molar-refractivity contribution is -0.138. The van der Waals surface area contributed by atoms with Gasteiger partial charge in [0.1, 0.15) is 16.4 Å². The van der Waals surface area contributed by atoms with Crippen molar-refractivity contribution in [3.8, 4) is 0 Å². The van der Waals surface area contributed by atoms with Crippen molar-refractivity contribution in [3.05, 3.63) is 118 Å². The Labute approximate surface area is 214 Å². The SMILES string of the molecule is CCOC(=O)C1=C(O)/C(=C/c2cn(Cc3ccccc3)c3ccccc23)SC1=Nc1ccc(C)cc1. The molecule has 1 aliphatic heterocycles. The van der Waals surface area contributed by atoms with E-state index in [1.165, 1.54) is 17.3 Å². The fraction of sp³-hybridized carbons (Fsp3) is 0.133. The summed E-state index contributed by atoms with van der Waals surface area (Å²) in [6, 6.07) is 26.2. The number of aromatic nitrogens is 1. The van der Waals surface area contributed by atoms with E-state index in [1.54, 1.807) is 6.92 Å². The fourth-order valence-electron chi connectivity index (χ4n) is 4.17. The summed E-state index contributed by atoms with van der Waals surface area (Å²) in [6.45, 7) is 4.69. The lowest BCUT2D eigenvalue weighted by atomic mass is 10.1. The maximum absolute atomic E-state index is 12.8. The van der Waals surface area contributed by atoms with Gasteiger partial charge >= 0.3 is 5.97 Å². The van der Waals surface area contributed by atoms with Crippen LogP contribution in [0.4, 0.5) is 5.69 Å². The number of ether oxygens (including phenoxy) is 1. The Morgan fingerprint density at radius 2 is 1.75 bits per heavy atom. The number of hydrogen-bond donors (Lipinski definition) is 1. The molecule has 2 heterocycles. The van der Waals surface area contributed by atoms with Crippen molar-refractivity contribution >= 4 is 45.4 Å². The zero-order chi connectivity index (χ0) is 25.1. The quantitative estimate of drug-likeness (QED) is 0.288. The number of carbonyl (C=O) groups is 1. The molecule has 4 aromatic rings. The number of fused-ring (bicyclic) bond motifs is 1. The van der Waals surface area contributed by atoms with E-state index >= 15 is 0 Å². The van der Waals surface area contributed by atoms with Gasteiger partial charge in [0.2, 0.25) is 0 Å². The molecule has 0 spiro atoms. The molecule has 1 aromatic heterocycles. The molecule has 180 valence electrons. The molecule has 0 radical (unpaired) electrons. The molecule has 3 aromatic carbocycles. The topological polar surface area (TPSA) is 63.8 Å². The highest BCUT2D eigenvalue weighted by Crippen LogP contribution is 2.41. The lowest BCUT2D eigenvalue weighted by Crippen LogP contribution is -2.12. The van der Waals surface area contributed by atoms with Crippen LogP contribution in [0.15, 0.2) is 106 Å². The largest absolute Gasteiger partial charge is 0.506 e. The van der Waals surface area contributed by atoms with Crippen LogP contribution in [0.3, 0.4) is 0 Å². The second-order valence-electron chi connectivity index (χ2n) is 8.52. The first-order valence-electron chi connectivity index (χ1n) is 11.8. The maximum atomic E-state index is 12.8. The number of thioether (sulfide) groups is 1. The zero-order valence-corrected chi connectivity index (χ0v) is 21.0. The molecule has 0 aliphatic carbocycles. The fourth-order valence-corrected chi connectivity index (χ4v) is 5.20. The molecule has 0 unspecified atom stereocenters. The third kappa shape index (κ3) is 4.86. The van der Waals surface area contributed by atoms with Crippen molar-refractivity contribution in [2.75, 3.05) is 6.61 Å². The van der Waals surface area contributed by atoms with Crippen molar-refractivity contribution in [1.82, 2.24) is 4.57 Å². The Hall–Kier alpha value is -4.03. The summed E-state index contributed by atoms with van der Waals surface area (Å²) in [5.41, 5.74) is 5.18. The average molecular weight is 495 g/mol. The summed E-state index contributed by atoms with van der Waals surface area (Å²) in [6.07, 6.45) is 4.00. The normalized spacial score (nSPS) is 15.8. The molecule has 0 atom stereocenters. The number of benzene rings is 3. The highest BCUT2D eigenvalue weighted by atomic mass is 32.2. The van der Waals surface area contributed by atoms with Crippen LogP contribution in [0, 0.1) is 6.92 Å². The molecule has 5 rings (SSSR count). The lowest BCUT2D eigenvalue weighted by Gasteiger charge is -2.05. The number of aliphatic hydroxyl groups excluding tert-OH is 1. The monoisotopic (exact) mass is 494 g/mol. The van der Waals surface area contributed by atoms with Gasteiger partial charge in [-0.1, -0.05) is 78.0 Å². The second-order valence-corrected chi connectivity index (χ2v) is 9.55. The van der Waals surface area contributed by atoms with Crippen LogP contribution in [0.1, 0.15) is 23.6 Å². The Morgan fingerprint density at radius 1 is 1.03 bits per heavy atom. The number of carbonyl (C=O) groups excluding carboxylic acids is 1. The van der Waals surface area contributed by atoms with Gasteiger partial charge in [-0.15, -0.1) is 0 Å². The highest BCUT2D eigenvalue weighted by Gasteiger charge is 2.33. The summed E-state index contributed by atoms with van der Waals surface area (Å²) in [5, 5.41) is 12.6. The van der Waals surface area contributed by atoms with Crippen LogP contribution >= 0.6 is 11.8 Å². The van der Waals surface area contributed by atoms with E-state index in [-0.39, 0.29) is 17.9 Å². The Balaban J connectivity index is 1.57.